The summed E-state index contributed by atoms with van der Waals surface area (Å²) in [6.07, 6.45) is 0.984. The summed E-state index contributed by atoms with van der Waals surface area (Å²) in [7, 11) is -0.101. The molecule has 0 unspecified atom stereocenters. The van der Waals surface area contributed by atoms with Crippen molar-refractivity contribution in [2.75, 3.05) is 46.8 Å². The first-order chi connectivity index (χ1) is 9.50. The fourth-order valence-electron chi connectivity index (χ4n) is 2.29. The zero-order valence-corrected chi connectivity index (χ0v) is 12.9. The Labute approximate surface area is 122 Å². The normalized spacial score (nSPS) is 18.6. The Hall–Kier alpha value is -0.950. The summed E-state index contributed by atoms with van der Waals surface area (Å²) in [5.74, 6) is 0. The number of benzene rings is 1. The molecule has 111 valence electrons. The van der Waals surface area contributed by atoms with Gasteiger partial charge in [0.15, 0.2) is 0 Å². The number of hydrogen-bond donors (Lipinski definition) is 0. The molecule has 1 heterocycles. The molecule has 6 heteroatoms. The zero-order valence-electron chi connectivity index (χ0n) is 12.1. The van der Waals surface area contributed by atoms with Gasteiger partial charge >= 0.3 is 0 Å². The van der Waals surface area contributed by atoms with E-state index in [0.29, 0.717) is 13.1 Å². The average Bonchev–Trinajstić information content (AvgIpc) is 2.46. The monoisotopic (exact) mass is 296 g/mol. The van der Waals surface area contributed by atoms with Gasteiger partial charge in [-0.1, -0.05) is 24.3 Å². The van der Waals surface area contributed by atoms with E-state index in [4.69, 9.17) is 0 Å². The van der Waals surface area contributed by atoms with E-state index in [1.807, 2.05) is 18.2 Å². The largest absolute Gasteiger partial charge is 0.300 e. The van der Waals surface area contributed by atoms with Crippen LogP contribution >= 0.6 is 0 Å². The Kier molecular flexibility index (Phi) is 5.15. The lowest BCUT2D eigenvalue weighted by atomic mass is 10.1. The van der Waals surface area contributed by atoms with Gasteiger partial charge in [-0.2, -0.15) is 17.0 Å². The fourth-order valence-corrected chi connectivity index (χ4v) is 3.37. The van der Waals surface area contributed by atoms with Crippen LogP contribution in [0.2, 0.25) is 0 Å². The van der Waals surface area contributed by atoms with Crippen molar-refractivity contribution in [3.8, 4) is 0 Å². The van der Waals surface area contributed by atoms with E-state index in [9.17, 15) is 8.42 Å². The van der Waals surface area contributed by atoms with Gasteiger partial charge in [0.25, 0.3) is 10.2 Å². The molecule has 2 rings (SSSR count). The molecular weight excluding hydrogens is 274 g/mol. The highest BCUT2D eigenvalue weighted by Crippen LogP contribution is 2.10. The van der Waals surface area contributed by atoms with Crippen molar-refractivity contribution in [3.05, 3.63) is 35.9 Å². The molecule has 1 fully saturated rings. The number of piperazine rings is 1. The molecule has 1 aliphatic heterocycles. The van der Waals surface area contributed by atoms with Crippen molar-refractivity contribution in [1.29, 1.82) is 0 Å². The average molecular weight is 296 g/mol. The molecule has 0 aliphatic carbocycles. The molecule has 0 spiro atoms. The Balaban J connectivity index is 1.80. The summed E-state index contributed by atoms with van der Waals surface area (Å²) in [6, 6.07) is 11.1. The van der Waals surface area contributed by atoms with E-state index in [0.717, 1.165) is 26.1 Å². The molecule has 0 saturated carbocycles. The van der Waals surface area contributed by atoms with Gasteiger partial charge in [-0.25, -0.2) is 0 Å². The molecule has 0 aromatic heterocycles. The molecule has 5 nitrogen and oxygen atoms in total. The maximum atomic E-state index is 12.0. The van der Waals surface area contributed by atoms with E-state index in [1.165, 1.54) is 9.87 Å². The highest BCUT2D eigenvalue weighted by atomic mass is 32.2. The molecule has 20 heavy (non-hydrogen) atoms. The van der Waals surface area contributed by atoms with Crippen molar-refractivity contribution < 1.29 is 8.42 Å². The van der Waals surface area contributed by atoms with Crippen LogP contribution in [-0.4, -0.2) is 68.7 Å². The topological polar surface area (TPSA) is 43.9 Å². The second kappa shape index (κ2) is 6.67. The summed E-state index contributed by atoms with van der Waals surface area (Å²) in [5, 5.41) is 0. The summed E-state index contributed by atoms with van der Waals surface area (Å²) >= 11 is 0. The van der Waals surface area contributed by atoms with E-state index in [2.05, 4.69) is 17.0 Å². The lowest BCUT2D eigenvalue weighted by molar-refractivity contribution is 0.185. The second-order valence-electron chi connectivity index (χ2n) is 5.19. The van der Waals surface area contributed by atoms with Gasteiger partial charge in [-0.15, -0.1) is 0 Å². The van der Waals surface area contributed by atoms with Gasteiger partial charge in [-0.3, -0.25) is 0 Å². The van der Waals surface area contributed by atoms with Crippen molar-refractivity contribution in [2.45, 2.75) is 6.42 Å². The molecule has 1 aromatic carbocycles. The van der Waals surface area contributed by atoms with Crippen LogP contribution in [0.15, 0.2) is 24.3 Å². The van der Waals surface area contributed by atoms with Gasteiger partial charge in [-0.05, 0) is 18.1 Å². The molecule has 0 atom stereocenters. The van der Waals surface area contributed by atoms with Crippen LogP contribution in [0.4, 0.5) is 0 Å². The molecule has 1 aliphatic rings. The Bertz CT molecular complexity index is 508. The summed E-state index contributed by atoms with van der Waals surface area (Å²) < 4.78 is 26.8. The number of nitrogens with zero attached hydrogens (tertiary/aromatic N) is 3. The summed E-state index contributed by atoms with van der Waals surface area (Å²) in [4.78, 5) is 2.31. The van der Waals surface area contributed by atoms with Crippen molar-refractivity contribution in [1.82, 2.24) is 13.5 Å². The van der Waals surface area contributed by atoms with Crippen LogP contribution in [0.3, 0.4) is 0 Å². The third kappa shape index (κ3) is 3.79. The van der Waals surface area contributed by atoms with Crippen LogP contribution in [-0.2, 0) is 16.6 Å². The molecule has 0 N–H and O–H groups in total. The van der Waals surface area contributed by atoms with E-state index in [1.54, 1.807) is 18.4 Å². The Morgan fingerprint density at radius 3 is 2.50 bits per heavy atom. The van der Waals surface area contributed by atoms with E-state index in [-0.39, 0.29) is 0 Å². The predicted molar refractivity (Wildman–Crippen MR) is 79.6 cm³/mol. The van der Waals surface area contributed by atoms with Crippen molar-refractivity contribution >= 4 is 10.2 Å². The third-order valence-corrected chi connectivity index (χ3v) is 5.55. The predicted octanol–water partition coefficient (Wildman–Crippen LogP) is 0.453. The molecule has 1 radical (unpaired) electrons. The minimum absolute atomic E-state index is 0.571. The summed E-state index contributed by atoms with van der Waals surface area (Å²) in [6.45, 7) is 3.70. The van der Waals surface area contributed by atoms with Crippen molar-refractivity contribution in [2.24, 2.45) is 0 Å². The smallest absolute Gasteiger partial charge is 0.281 e. The third-order valence-electron chi connectivity index (χ3n) is 3.61. The van der Waals surface area contributed by atoms with Crippen LogP contribution in [0, 0.1) is 6.07 Å². The lowest BCUT2D eigenvalue weighted by Crippen LogP contribution is -2.51. The molecular formula is C14H22N3O2S. The zero-order chi connectivity index (χ0) is 14.6. The van der Waals surface area contributed by atoms with Crippen LogP contribution in [0.5, 0.6) is 0 Å². The quantitative estimate of drug-likeness (QED) is 0.792. The van der Waals surface area contributed by atoms with Crippen LogP contribution in [0.1, 0.15) is 5.56 Å². The minimum Gasteiger partial charge on any atom is -0.300 e. The standard InChI is InChI=1S/C14H22N3O2S/c1-15(2)20(18,19)17-12-10-16(11-13-17)9-8-14-6-4-3-5-7-14/h3-4,6-7H,8-13H2,1-2H3. The van der Waals surface area contributed by atoms with Crippen LogP contribution in [0.25, 0.3) is 0 Å². The van der Waals surface area contributed by atoms with Gasteiger partial charge in [0.05, 0.1) is 0 Å². The maximum Gasteiger partial charge on any atom is 0.281 e. The second-order valence-corrected chi connectivity index (χ2v) is 7.33. The van der Waals surface area contributed by atoms with E-state index >= 15 is 0 Å². The van der Waals surface area contributed by atoms with Gasteiger partial charge < -0.3 is 4.90 Å². The highest BCUT2D eigenvalue weighted by Gasteiger charge is 2.28. The Morgan fingerprint density at radius 1 is 1.25 bits per heavy atom. The van der Waals surface area contributed by atoms with Gasteiger partial charge in [0, 0.05) is 46.8 Å². The fraction of sp³-hybridized carbons (Fsp3) is 0.571. The van der Waals surface area contributed by atoms with Crippen LogP contribution < -0.4 is 0 Å². The number of hydrogen-bond acceptors (Lipinski definition) is 3. The maximum absolute atomic E-state index is 12.0. The SMILES string of the molecule is CN(C)S(=O)(=O)N1CCN(CCc2c[c]ccc2)CC1. The molecule has 0 bridgehead atoms. The first-order valence-electron chi connectivity index (χ1n) is 6.85. The molecule has 1 aromatic rings. The number of rotatable bonds is 5. The molecule has 1 saturated heterocycles. The first-order valence-corrected chi connectivity index (χ1v) is 8.25. The molecule has 0 amide bonds. The summed E-state index contributed by atoms with van der Waals surface area (Å²) in [5.41, 5.74) is 1.27. The first kappa shape index (κ1) is 15.4. The van der Waals surface area contributed by atoms with Crippen molar-refractivity contribution in [3.63, 3.8) is 0 Å². The van der Waals surface area contributed by atoms with Gasteiger partial charge in [0.2, 0.25) is 0 Å². The Morgan fingerprint density at radius 2 is 1.95 bits per heavy atom. The van der Waals surface area contributed by atoms with Gasteiger partial charge in [0.1, 0.15) is 0 Å². The minimum atomic E-state index is -3.26. The highest BCUT2D eigenvalue weighted by molar-refractivity contribution is 7.86. The van der Waals surface area contributed by atoms with E-state index < -0.39 is 10.2 Å². The lowest BCUT2D eigenvalue weighted by Gasteiger charge is -2.35.